The zero-order valence-corrected chi connectivity index (χ0v) is 9.87. The molecule has 0 aliphatic carbocycles. The van der Waals surface area contributed by atoms with Gasteiger partial charge in [-0.15, -0.1) is 0 Å². The van der Waals surface area contributed by atoms with Crippen LogP contribution in [-0.2, 0) is 0 Å². The molecule has 4 nitrogen and oxygen atoms in total. The molecular formula is C14H13NO3. The number of aliphatic imine (C=N–C) groups is 1. The lowest BCUT2D eigenvalue weighted by molar-refractivity contribution is 0.407. The quantitative estimate of drug-likeness (QED) is 0.815. The van der Waals surface area contributed by atoms with Crippen molar-refractivity contribution in [3.8, 4) is 17.2 Å². The second-order valence-electron chi connectivity index (χ2n) is 3.67. The first-order valence-corrected chi connectivity index (χ1v) is 5.40. The molecule has 0 saturated carbocycles. The summed E-state index contributed by atoms with van der Waals surface area (Å²) in [5, 5.41) is 19.3. The Labute approximate surface area is 105 Å². The lowest BCUT2D eigenvalue weighted by Gasteiger charge is -2.03. The van der Waals surface area contributed by atoms with Gasteiger partial charge in [0.25, 0.3) is 0 Å². The van der Waals surface area contributed by atoms with Gasteiger partial charge in [-0.3, -0.25) is 4.99 Å². The van der Waals surface area contributed by atoms with Crippen LogP contribution >= 0.6 is 0 Å². The second-order valence-corrected chi connectivity index (χ2v) is 3.67. The van der Waals surface area contributed by atoms with Crippen molar-refractivity contribution in [3.63, 3.8) is 0 Å². The van der Waals surface area contributed by atoms with E-state index in [9.17, 15) is 10.2 Å². The summed E-state index contributed by atoms with van der Waals surface area (Å²) in [6, 6.07) is 11.7. The molecule has 0 aliphatic rings. The van der Waals surface area contributed by atoms with Gasteiger partial charge in [0.15, 0.2) is 0 Å². The molecule has 0 amide bonds. The lowest BCUT2D eigenvalue weighted by Crippen LogP contribution is -1.86. The van der Waals surface area contributed by atoms with E-state index in [1.54, 1.807) is 36.4 Å². The molecule has 0 bridgehead atoms. The van der Waals surface area contributed by atoms with Crippen molar-refractivity contribution in [2.24, 2.45) is 4.99 Å². The Morgan fingerprint density at radius 1 is 1.06 bits per heavy atom. The van der Waals surface area contributed by atoms with Crippen molar-refractivity contribution < 1.29 is 14.9 Å². The van der Waals surface area contributed by atoms with Crippen LogP contribution in [0.2, 0.25) is 0 Å². The maximum absolute atomic E-state index is 9.74. The first kappa shape index (κ1) is 12.0. The molecule has 0 aromatic heterocycles. The predicted octanol–water partition coefficient (Wildman–Crippen LogP) is 2.86. The second kappa shape index (κ2) is 5.23. The molecule has 2 N–H and O–H groups in total. The van der Waals surface area contributed by atoms with Crippen LogP contribution in [0.3, 0.4) is 0 Å². The molecule has 4 heteroatoms. The van der Waals surface area contributed by atoms with E-state index in [2.05, 4.69) is 4.99 Å². The fourth-order valence-electron chi connectivity index (χ4n) is 1.47. The molecule has 0 aliphatic heterocycles. The van der Waals surface area contributed by atoms with Crippen LogP contribution in [-0.4, -0.2) is 23.5 Å². The number of ether oxygens (including phenoxy) is 1. The SMILES string of the molecule is COc1ccc(C=Nc2ccccc2O)c(O)c1. The number of aromatic hydroxyl groups is 2. The molecule has 0 saturated heterocycles. The first-order chi connectivity index (χ1) is 8.70. The summed E-state index contributed by atoms with van der Waals surface area (Å²) in [6.45, 7) is 0. The van der Waals surface area contributed by atoms with Crippen molar-refractivity contribution in [2.45, 2.75) is 0 Å². The zero-order chi connectivity index (χ0) is 13.0. The minimum Gasteiger partial charge on any atom is -0.507 e. The highest BCUT2D eigenvalue weighted by Gasteiger charge is 2.01. The molecule has 92 valence electrons. The number of rotatable bonds is 3. The summed E-state index contributed by atoms with van der Waals surface area (Å²) in [4.78, 5) is 4.12. The van der Waals surface area contributed by atoms with Crippen LogP contribution in [0, 0.1) is 0 Å². The third kappa shape index (κ3) is 2.60. The van der Waals surface area contributed by atoms with Gasteiger partial charge in [0, 0.05) is 17.8 Å². The highest BCUT2D eigenvalue weighted by Crippen LogP contribution is 2.26. The van der Waals surface area contributed by atoms with E-state index in [-0.39, 0.29) is 11.5 Å². The van der Waals surface area contributed by atoms with Gasteiger partial charge < -0.3 is 14.9 Å². The number of hydrogen-bond donors (Lipinski definition) is 2. The summed E-state index contributed by atoms with van der Waals surface area (Å²) in [6.07, 6.45) is 1.49. The number of benzene rings is 2. The number of phenols is 2. The van der Waals surface area contributed by atoms with Gasteiger partial charge in [-0.25, -0.2) is 0 Å². The molecule has 2 aromatic carbocycles. The highest BCUT2D eigenvalue weighted by molar-refractivity contribution is 5.86. The molecule has 2 aromatic rings. The number of hydrogen-bond acceptors (Lipinski definition) is 4. The molecule has 2 rings (SSSR count). The molecule has 0 fully saturated rings. The Hall–Kier alpha value is -2.49. The van der Waals surface area contributed by atoms with Crippen molar-refractivity contribution in [1.82, 2.24) is 0 Å². The summed E-state index contributed by atoms with van der Waals surface area (Å²) >= 11 is 0. The van der Waals surface area contributed by atoms with Crippen LogP contribution in [0.1, 0.15) is 5.56 Å². The van der Waals surface area contributed by atoms with E-state index < -0.39 is 0 Å². The van der Waals surface area contributed by atoms with Gasteiger partial charge in [0.05, 0.1) is 7.11 Å². The monoisotopic (exact) mass is 243 g/mol. The van der Waals surface area contributed by atoms with E-state index >= 15 is 0 Å². The van der Waals surface area contributed by atoms with Gasteiger partial charge >= 0.3 is 0 Å². The first-order valence-electron chi connectivity index (χ1n) is 5.40. The molecule has 0 unspecified atom stereocenters. The Balaban J connectivity index is 2.27. The van der Waals surface area contributed by atoms with Crippen LogP contribution in [0.15, 0.2) is 47.5 Å². The Morgan fingerprint density at radius 2 is 1.83 bits per heavy atom. The maximum atomic E-state index is 9.74. The topological polar surface area (TPSA) is 62.0 Å². The van der Waals surface area contributed by atoms with E-state index in [4.69, 9.17) is 4.74 Å². The lowest BCUT2D eigenvalue weighted by atomic mass is 10.2. The van der Waals surface area contributed by atoms with E-state index in [0.717, 1.165) is 0 Å². The summed E-state index contributed by atoms with van der Waals surface area (Å²) in [5.41, 5.74) is 1.01. The van der Waals surface area contributed by atoms with Crippen molar-refractivity contribution in [1.29, 1.82) is 0 Å². The average molecular weight is 243 g/mol. The minimum atomic E-state index is 0.0773. The third-order valence-corrected chi connectivity index (χ3v) is 2.46. The number of para-hydroxylation sites is 2. The fourth-order valence-corrected chi connectivity index (χ4v) is 1.47. The van der Waals surface area contributed by atoms with Gasteiger partial charge in [-0.05, 0) is 24.3 Å². The van der Waals surface area contributed by atoms with Gasteiger partial charge in [0.1, 0.15) is 22.9 Å². The Bertz CT molecular complexity index is 579. The van der Waals surface area contributed by atoms with Crippen molar-refractivity contribution in [2.75, 3.05) is 7.11 Å². The van der Waals surface area contributed by atoms with Gasteiger partial charge in [0.2, 0.25) is 0 Å². The average Bonchev–Trinajstić information content (AvgIpc) is 2.39. The van der Waals surface area contributed by atoms with Crippen molar-refractivity contribution >= 4 is 11.9 Å². The van der Waals surface area contributed by atoms with Crippen molar-refractivity contribution in [3.05, 3.63) is 48.0 Å². The molecule has 0 atom stereocenters. The minimum absolute atomic E-state index is 0.0773. The van der Waals surface area contributed by atoms with Crippen LogP contribution in [0.4, 0.5) is 5.69 Å². The molecule has 0 heterocycles. The normalized spacial score (nSPS) is 10.7. The van der Waals surface area contributed by atoms with Crippen LogP contribution < -0.4 is 4.74 Å². The predicted molar refractivity (Wildman–Crippen MR) is 70.0 cm³/mol. The van der Waals surface area contributed by atoms with E-state index in [1.807, 2.05) is 0 Å². The number of nitrogens with zero attached hydrogens (tertiary/aromatic N) is 1. The fraction of sp³-hybridized carbons (Fsp3) is 0.0714. The van der Waals surface area contributed by atoms with Crippen LogP contribution in [0.25, 0.3) is 0 Å². The smallest absolute Gasteiger partial charge is 0.141 e. The number of phenolic OH excluding ortho intramolecular Hbond substituents is 2. The molecule has 0 spiro atoms. The standard InChI is InChI=1S/C14H13NO3/c1-18-11-7-6-10(14(17)8-11)9-15-12-4-2-3-5-13(12)16/h2-9,16-17H,1H3. The zero-order valence-electron chi connectivity index (χ0n) is 9.87. The largest absolute Gasteiger partial charge is 0.507 e. The molecule has 18 heavy (non-hydrogen) atoms. The summed E-state index contributed by atoms with van der Waals surface area (Å²) in [5.74, 6) is 0.752. The maximum Gasteiger partial charge on any atom is 0.141 e. The summed E-state index contributed by atoms with van der Waals surface area (Å²) < 4.78 is 4.99. The van der Waals surface area contributed by atoms with E-state index in [0.29, 0.717) is 17.0 Å². The third-order valence-electron chi connectivity index (χ3n) is 2.46. The summed E-state index contributed by atoms with van der Waals surface area (Å²) in [7, 11) is 1.53. The Morgan fingerprint density at radius 3 is 2.50 bits per heavy atom. The number of methoxy groups -OCH3 is 1. The van der Waals surface area contributed by atoms with E-state index in [1.165, 1.54) is 19.4 Å². The van der Waals surface area contributed by atoms with Gasteiger partial charge in [-0.2, -0.15) is 0 Å². The molecular weight excluding hydrogens is 230 g/mol. The molecule has 0 radical (unpaired) electrons. The highest BCUT2D eigenvalue weighted by atomic mass is 16.5. The van der Waals surface area contributed by atoms with Crippen LogP contribution in [0.5, 0.6) is 17.2 Å². The van der Waals surface area contributed by atoms with Gasteiger partial charge in [-0.1, -0.05) is 12.1 Å². The Kier molecular flexibility index (Phi) is 3.48.